The second-order valence-corrected chi connectivity index (χ2v) is 8.41. The molecule has 0 radical (unpaired) electrons. The van der Waals surface area contributed by atoms with Gasteiger partial charge in [0.15, 0.2) is 0 Å². The summed E-state index contributed by atoms with van der Waals surface area (Å²) in [4.78, 5) is -0.116. The van der Waals surface area contributed by atoms with Gasteiger partial charge < -0.3 is 9.47 Å². The number of nitrogens with zero attached hydrogens (tertiary/aromatic N) is 1. The van der Waals surface area contributed by atoms with Crippen LogP contribution in [0.15, 0.2) is 71.6 Å². The first-order valence-corrected chi connectivity index (χ1v) is 10.4. The third-order valence-electron chi connectivity index (χ3n) is 4.28. The Morgan fingerprint density at radius 2 is 1.59 bits per heavy atom. The summed E-state index contributed by atoms with van der Waals surface area (Å²) in [6.45, 7) is 0.0295. The highest BCUT2D eigenvalue weighted by molar-refractivity contribution is 7.92. The molecule has 0 spiro atoms. The Kier molecular flexibility index (Phi) is 6.30. The highest BCUT2D eigenvalue weighted by Gasteiger charge is 2.26. The smallest absolute Gasteiger partial charge is 0.264 e. The van der Waals surface area contributed by atoms with E-state index in [9.17, 15) is 12.8 Å². The molecule has 0 fully saturated rings. The predicted molar refractivity (Wildman–Crippen MR) is 111 cm³/mol. The molecule has 0 N–H and O–H groups in total. The maximum Gasteiger partial charge on any atom is 0.264 e. The summed E-state index contributed by atoms with van der Waals surface area (Å²) in [5.41, 5.74) is 1.11. The van der Waals surface area contributed by atoms with Crippen molar-refractivity contribution in [2.24, 2.45) is 0 Å². The quantitative estimate of drug-likeness (QED) is 0.530. The Labute approximate surface area is 174 Å². The van der Waals surface area contributed by atoms with E-state index in [0.29, 0.717) is 22.7 Å². The molecule has 0 atom stereocenters. The van der Waals surface area contributed by atoms with Crippen LogP contribution < -0.4 is 13.8 Å². The number of anilines is 1. The van der Waals surface area contributed by atoms with Gasteiger partial charge in [-0.3, -0.25) is 4.31 Å². The van der Waals surface area contributed by atoms with E-state index in [0.717, 1.165) is 12.1 Å². The van der Waals surface area contributed by atoms with Crippen molar-refractivity contribution < 1.29 is 22.3 Å². The number of hydrogen-bond acceptors (Lipinski definition) is 4. The molecule has 0 saturated carbocycles. The SMILES string of the molecule is COc1cccc(CN(c2cccc(OC)c2)S(=O)(=O)c2ccc(F)c(Cl)c2)c1. The Balaban J connectivity index is 2.11. The van der Waals surface area contributed by atoms with Gasteiger partial charge in [0, 0.05) is 6.07 Å². The van der Waals surface area contributed by atoms with Gasteiger partial charge in [0.1, 0.15) is 17.3 Å². The number of methoxy groups -OCH3 is 2. The highest BCUT2D eigenvalue weighted by atomic mass is 35.5. The molecule has 0 aliphatic heterocycles. The van der Waals surface area contributed by atoms with Crippen LogP contribution in [0.2, 0.25) is 5.02 Å². The van der Waals surface area contributed by atoms with Crippen LogP contribution in [0.1, 0.15) is 5.56 Å². The van der Waals surface area contributed by atoms with Crippen molar-refractivity contribution >= 4 is 27.3 Å². The van der Waals surface area contributed by atoms with Gasteiger partial charge in [-0.25, -0.2) is 12.8 Å². The zero-order valence-electron chi connectivity index (χ0n) is 15.8. The molecule has 0 unspecified atom stereocenters. The number of halogens is 2. The third kappa shape index (κ3) is 4.63. The predicted octanol–water partition coefficient (Wildman–Crippen LogP) is 4.89. The second kappa shape index (κ2) is 8.71. The molecule has 3 rings (SSSR count). The van der Waals surface area contributed by atoms with Gasteiger partial charge >= 0.3 is 0 Å². The van der Waals surface area contributed by atoms with E-state index in [2.05, 4.69) is 0 Å². The molecule has 0 aromatic heterocycles. The monoisotopic (exact) mass is 435 g/mol. The van der Waals surface area contributed by atoms with Crippen LogP contribution in [0.3, 0.4) is 0 Å². The van der Waals surface area contributed by atoms with Gasteiger partial charge in [0.2, 0.25) is 0 Å². The first-order valence-electron chi connectivity index (χ1n) is 8.60. The largest absolute Gasteiger partial charge is 0.497 e. The molecule has 29 heavy (non-hydrogen) atoms. The molecule has 3 aromatic rings. The average molecular weight is 436 g/mol. The van der Waals surface area contributed by atoms with Crippen molar-refractivity contribution in [3.8, 4) is 11.5 Å². The van der Waals surface area contributed by atoms with Gasteiger partial charge in [-0.05, 0) is 48.0 Å². The van der Waals surface area contributed by atoms with Crippen molar-refractivity contribution in [2.45, 2.75) is 11.4 Å². The fraction of sp³-hybridized carbons (Fsp3) is 0.143. The minimum Gasteiger partial charge on any atom is -0.497 e. The van der Waals surface area contributed by atoms with Crippen LogP contribution in [-0.2, 0) is 16.6 Å². The van der Waals surface area contributed by atoms with Gasteiger partial charge in [0.05, 0.1) is 36.4 Å². The molecular formula is C21H19ClFNO4S. The van der Waals surface area contributed by atoms with Crippen molar-refractivity contribution in [1.82, 2.24) is 0 Å². The zero-order chi connectivity index (χ0) is 21.0. The molecule has 0 aliphatic rings. The van der Waals surface area contributed by atoms with Gasteiger partial charge in [-0.2, -0.15) is 0 Å². The minimum atomic E-state index is -4.05. The molecule has 0 amide bonds. The molecule has 8 heteroatoms. The number of benzene rings is 3. The van der Waals surface area contributed by atoms with Crippen LogP contribution in [0.5, 0.6) is 11.5 Å². The average Bonchev–Trinajstić information content (AvgIpc) is 2.74. The van der Waals surface area contributed by atoms with Crippen LogP contribution in [0.25, 0.3) is 0 Å². The van der Waals surface area contributed by atoms with E-state index in [-0.39, 0.29) is 16.5 Å². The molecule has 0 heterocycles. The Morgan fingerprint density at radius 3 is 2.24 bits per heavy atom. The maximum absolute atomic E-state index is 13.6. The molecule has 0 saturated heterocycles. The van der Waals surface area contributed by atoms with Crippen LogP contribution >= 0.6 is 11.6 Å². The van der Waals surface area contributed by atoms with E-state index in [1.807, 2.05) is 0 Å². The Bertz CT molecular complexity index is 1120. The first kappa shape index (κ1) is 21.0. The van der Waals surface area contributed by atoms with Crippen molar-refractivity contribution in [3.05, 3.63) is 83.1 Å². The van der Waals surface area contributed by atoms with Crippen LogP contribution in [-0.4, -0.2) is 22.6 Å². The minimum absolute atomic E-state index is 0.0295. The Hall–Kier alpha value is -2.77. The molecule has 0 aliphatic carbocycles. The van der Waals surface area contributed by atoms with Crippen molar-refractivity contribution in [2.75, 3.05) is 18.5 Å². The van der Waals surface area contributed by atoms with Crippen LogP contribution in [0.4, 0.5) is 10.1 Å². The lowest BCUT2D eigenvalue weighted by Crippen LogP contribution is -2.30. The van der Waals surface area contributed by atoms with Crippen LogP contribution in [0, 0.1) is 5.82 Å². The summed E-state index contributed by atoms with van der Waals surface area (Å²) in [6, 6.07) is 17.1. The summed E-state index contributed by atoms with van der Waals surface area (Å²) in [5, 5.41) is -0.266. The normalized spacial score (nSPS) is 11.2. The van der Waals surface area contributed by atoms with Gasteiger partial charge in [0.25, 0.3) is 10.0 Å². The zero-order valence-corrected chi connectivity index (χ0v) is 17.4. The lowest BCUT2D eigenvalue weighted by atomic mass is 10.2. The lowest BCUT2D eigenvalue weighted by Gasteiger charge is -2.25. The van der Waals surface area contributed by atoms with E-state index < -0.39 is 15.8 Å². The number of ether oxygens (including phenoxy) is 2. The summed E-state index contributed by atoms with van der Waals surface area (Å²) in [5.74, 6) is 0.423. The number of sulfonamides is 1. The topological polar surface area (TPSA) is 55.8 Å². The molecule has 5 nitrogen and oxygen atoms in total. The fourth-order valence-electron chi connectivity index (χ4n) is 2.78. The summed E-state index contributed by atoms with van der Waals surface area (Å²) < 4.78 is 52.1. The highest BCUT2D eigenvalue weighted by Crippen LogP contribution is 2.30. The molecule has 0 bridgehead atoms. The van der Waals surface area contributed by atoms with Crippen molar-refractivity contribution in [1.29, 1.82) is 0 Å². The first-order chi connectivity index (χ1) is 13.8. The van der Waals surface area contributed by atoms with E-state index in [1.165, 1.54) is 24.6 Å². The third-order valence-corrected chi connectivity index (χ3v) is 6.34. The van der Waals surface area contributed by atoms with Gasteiger partial charge in [-0.1, -0.05) is 29.8 Å². The molecule has 152 valence electrons. The van der Waals surface area contributed by atoms with E-state index >= 15 is 0 Å². The summed E-state index contributed by atoms with van der Waals surface area (Å²) in [7, 11) is -1.01. The summed E-state index contributed by atoms with van der Waals surface area (Å²) in [6.07, 6.45) is 0. The maximum atomic E-state index is 13.6. The van der Waals surface area contributed by atoms with E-state index in [1.54, 1.807) is 48.5 Å². The standard InChI is InChI=1S/C21H19ClFNO4S/c1-27-17-7-3-5-15(11-17)14-24(16-6-4-8-18(12-16)28-2)29(25,26)19-9-10-21(23)20(22)13-19/h3-13H,14H2,1-2H3. The van der Waals surface area contributed by atoms with Gasteiger partial charge in [-0.15, -0.1) is 0 Å². The summed E-state index contributed by atoms with van der Waals surface area (Å²) >= 11 is 5.82. The van der Waals surface area contributed by atoms with E-state index in [4.69, 9.17) is 21.1 Å². The lowest BCUT2D eigenvalue weighted by molar-refractivity contribution is 0.414. The second-order valence-electron chi connectivity index (χ2n) is 6.14. The number of hydrogen-bond donors (Lipinski definition) is 0. The molecule has 3 aromatic carbocycles. The fourth-order valence-corrected chi connectivity index (χ4v) is 4.50. The Morgan fingerprint density at radius 1 is 0.931 bits per heavy atom. The van der Waals surface area contributed by atoms with Crippen molar-refractivity contribution in [3.63, 3.8) is 0 Å². The number of rotatable bonds is 7. The molecular weight excluding hydrogens is 417 g/mol.